The van der Waals surface area contributed by atoms with Gasteiger partial charge in [-0.2, -0.15) is 0 Å². The van der Waals surface area contributed by atoms with Crippen molar-refractivity contribution in [3.63, 3.8) is 0 Å². The van der Waals surface area contributed by atoms with Gasteiger partial charge in [0.25, 0.3) is 0 Å². The molecule has 0 amide bonds. The molecule has 2 unspecified atom stereocenters. The fraction of sp³-hybridized carbons (Fsp3) is 0.455. The minimum Gasteiger partial charge on any atom is -0.254 e. The van der Waals surface area contributed by atoms with E-state index in [9.17, 15) is 0 Å². The van der Waals surface area contributed by atoms with Crippen molar-refractivity contribution in [3.05, 3.63) is 28.9 Å². The molecule has 2 atom stereocenters. The largest absolute Gasteiger partial charge is 0.254 e. The molecule has 0 bridgehead atoms. The van der Waals surface area contributed by atoms with Crippen molar-refractivity contribution in [1.29, 1.82) is 0 Å². The van der Waals surface area contributed by atoms with Gasteiger partial charge in [0.1, 0.15) is 0 Å². The van der Waals surface area contributed by atoms with Crippen LogP contribution in [0.5, 0.6) is 0 Å². The van der Waals surface area contributed by atoms with Crippen LogP contribution in [-0.2, 0) is 0 Å². The molecule has 2 aliphatic carbocycles. The van der Waals surface area contributed by atoms with Crippen LogP contribution < -0.4 is 0 Å². The number of allylic oxidation sites excluding steroid dienone is 1. The number of nitrogens with zero attached hydrogens (tertiary/aromatic N) is 2. The number of hydrogen-bond donors (Lipinski definition) is 0. The maximum absolute atomic E-state index is 4.62. The summed E-state index contributed by atoms with van der Waals surface area (Å²) in [5, 5.41) is 0. The molecule has 1 aromatic rings. The summed E-state index contributed by atoms with van der Waals surface area (Å²) >= 11 is 0. The molecule has 1 heterocycles. The number of hydrogen-bond acceptors (Lipinski definition) is 2. The van der Waals surface area contributed by atoms with Crippen LogP contribution in [0.25, 0.3) is 6.08 Å². The Bertz CT molecular complexity index is 407. The van der Waals surface area contributed by atoms with Crippen LogP contribution in [0.2, 0.25) is 0 Å². The zero-order valence-corrected chi connectivity index (χ0v) is 7.91. The van der Waals surface area contributed by atoms with E-state index in [2.05, 4.69) is 22.1 Å². The summed E-state index contributed by atoms with van der Waals surface area (Å²) in [7, 11) is 0. The number of aryl methyl sites for hydroxylation is 2. The Morgan fingerprint density at radius 3 is 2.85 bits per heavy atom. The first-order valence-electron chi connectivity index (χ1n) is 4.79. The van der Waals surface area contributed by atoms with Crippen LogP contribution in [0.1, 0.15) is 35.1 Å². The van der Waals surface area contributed by atoms with Gasteiger partial charge in [-0.3, -0.25) is 4.98 Å². The van der Waals surface area contributed by atoms with Crippen LogP contribution in [0.4, 0.5) is 0 Å². The predicted octanol–water partition coefficient (Wildman–Crippen LogP) is 2.22. The third-order valence-corrected chi connectivity index (χ3v) is 3.05. The van der Waals surface area contributed by atoms with Gasteiger partial charge in [-0.05, 0) is 32.3 Å². The smallest absolute Gasteiger partial charge is 0.0848 e. The van der Waals surface area contributed by atoms with Gasteiger partial charge in [0, 0.05) is 5.92 Å². The molecule has 1 saturated carbocycles. The average Bonchev–Trinajstić information content (AvgIpc) is 2.86. The van der Waals surface area contributed by atoms with Crippen LogP contribution in [0.15, 0.2) is 6.08 Å². The second-order valence-corrected chi connectivity index (χ2v) is 4.03. The Labute approximate surface area is 77.7 Å². The van der Waals surface area contributed by atoms with Gasteiger partial charge in [0.15, 0.2) is 0 Å². The van der Waals surface area contributed by atoms with E-state index in [0.717, 1.165) is 23.0 Å². The molecule has 3 rings (SSSR count). The predicted molar refractivity (Wildman–Crippen MR) is 51.4 cm³/mol. The molecule has 0 spiro atoms. The Balaban J connectivity index is 2.22. The van der Waals surface area contributed by atoms with Gasteiger partial charge < -0.3 is 0 Å². The number of rotatable bonds is 0. The molecule has 2 heteroatoms. The van der Waals surface area contributed by atoms with E-state index in [1.807, 2.05) is 13.8 Å². The maximum atomic E-state index is 4.62. The summed E-state index contributed by atoms with van der Waals surface area (Å²) in [6, 6.07) is 0. The molecule has 13 heavy (non-hydrogen) atoms. The summed E-state index contributed by atoms with van der Waals surface area (Å²) in [5.74, 6) is 1.45. The van der Waals surface area contributed by atoms with E-state index in [-0.39, 0.29) is 0 Å². The second kappa shape index (κ2) is 2.19. The second-order valence-electron chi connectivity index (χ2n) is 4.03. The minimum absolute atomic E-state index is 0.687. The van der Waals surface area contributed by atoms with Crippen molar-refractivity contribution in [2.45, 2.75) is 26.2 Å². The highest BCUT2D eigenvalue weighted by Crippen LogP contribution is 2.51. The zero-order chi connectivity index (χ0) is 9.00. The molecule has 2 nitrogen and oxygen atoms in total. The van der Waals surface area contributed by atoms with E-state index in [0.29, 0.717) is 5.92 Å². The monoisotopic (exact) mass is 172 g/mol. The van der Waals surface area contributed by atoms with Gasteiger partial charge in [0.2, 0.25) is 0 Å². The molecular weight excluding hydrogens is 160 g/mol. The molecule has 2 aliphatic rings. The molecule has 66 valence electrons. The summed E-state index contributed by atoms with van der Waals surface area (Å²) < 4.78 is 0. The minimum atomic E-state index is 0.687. The van der Waals surface area contributed by atoms with Gasteiger partial charge in [-0.25, -0.2) is 4.98 Å². The molecule has 1 fully saturated rings. The van der Waals surface area contributed by atoms with Crippen LogP contribution >= 0.6 is 0 Å². The lowest BCUT2D eigenvalue weighted by atomic mass is 10.1. The maximum Gasteiger partial charge on any atom is 0.0848 e. The van der Waals surface area contributed by atoms with E-state index in [1.54, 1.807) is 0 Å². The van der Waals surface area contributed by atoms with Crippen LogP contribution in [-0.4, -0.2) is 9.97 Å². The third kappa shape index (κ3) is 0.947. The van der Waals surface area contributed by atoms with Crippen molar-refractivity contribution in [2.75, 3.05) is 0 Å². The normalized spacial score (nSPS) is 28.2. The van der Waals surface area contributed by atoms with Gasteiger partial charge in [-0.1, -0.05) is 6.08 Å². The van der Waals surface area contributed by atoms with Crippen LogP contribution in [0, 0.1) is 19.8 Å². The average molecular weight is 172 g/mol. The quantitative estimate of drug-likeness (QED) is 0.599. The topological polar surface area (TPSA) is 25.8 Å². The van der Waals surface area contributed by atoms with Gasteiger partial charge in [0.05, 0.1) is 22.8 Å². The molecule has 1 aromatic heterocycles. The summed E-state index contributed by atoms with van der Waals surface area (Å²) in [4.78, 5) is 9.16. The molecule has 0 aliphatic heterocycles. The fourth-order valence-electron chi connectivity index (χ4n) is 1.99. The molecule has 0 N–H and O–H groups in total. The van der Waals surface area contributed by atoms with Gasteiger partial charge in [-0.15, -0.1) is 0 Å². The Kier molecular flexibility index (Phi) is 1.22. The van der Waals surface area contributed by atoms with Crippen molar-refractivity contribution < 1.29 is 0 Å². The highest BCUT2D eigenvalue weighted by molar-refractivity contribution is 5.55. The Hall–Kier alpha value is -1.18. The Morgan fingerprint density at radius 2 is 2.00 bits per heavy atom. The van der Waals surface area contributed by atoms with Crippen molar-refractivity contribution in [3.8, 4) is 0 Å². The van der Waals surface area contributed by atoms with Crippen LogP contribution in [0.3, 0.4) is 0 Å². The molecule has 0 radical (unpaired) electrons. The third-order valence-electron chi connectivity index (χ3n) is 3.05. The lowest BCUT2D eigenvalue weighted by Crippen LogP contribution is -2.04. The zero-order valence-electron chi connectivity index (χ0n) is 7.91. The van der Waals surface area contributed by atoms with Crippen molar-refractivity contribution in [2.24, 2.45) is 5.92 Å². The first-order chi connectivity index (χ1) is 6.25. The Morgan fingerprint density at radius 1 is 1.23 bits per heavy atom. The van der Waals surface area contributed by atoms with E-state index in [4.69, 9.17) is 0 Å². The summed E-state index contributed by atoms with van der Waals surface area (Å²) in [5.41, 5.74) is 4.47. The number of fused-ring (bicyclic) bond motifs is 3. The van der Waals surface area contributed by atoms with Crippen molar-refractivity contribution in [1.82, 2.24) is 9.97 Å². The lowest BCUT2D eigenvalue weighted by molar-refractivity contribution is 0.878. The molecule has 0 saturated heterocycles. The number of aromatic nitrogens is 2. The van der Waals surface area contributed by atoms with E-state index >= 15 is 0 Å². The first-order valence-corrected chi connectivity index (χ1v) is 4.79. The fourth-order valence-corrected chi connectivity index (χ4v) is 1.99. The standard InChI is InChI=1S/C11H12N2/c1-6-7(2)13-11-9-5-8(9)3-4-10(11)12-6/h3-4,8-9H,5H2,1-2H3. The van der Waals surface area contributed by atoms with Gasteiger partial charge >= 0.3 is 0 Å². The first kappa shape index (κ1) is 7.25. The summed E-state index contributed by atoms with van der Waals surface area (Å²) in [6.07, 6.45) is 5.68. The molecular formula is C11H12N2. The highest BCUT2D eigenvalue weighted by Gasteiger charge is 2.41. The summed E-state index contributed by atoms with van der Waals surface area (Å²) in [6.45, 7) is 4.06. The lowest BCUT2D eigenvalue weighted by Gasteiger charge is -2.10. The van der Waals surface area contributed by atoms with E-state index < -0.39 is 0 Å². The van der Waals surface area contributed by atoms with E-state index in [1.165, 1.54) is 12.1 Å². The molecule has 0 aromatic carbocycles. The highest BCUT2D eigenvalue weighted by atomic mass is 14.9. The van der Waals surface area contributed by atoms with Crippen molar-refractivity contribution >= 4 is 6.08 Å². The SMILES string of the molecule is Cc1nc2c(nc1C)C1CC1C=C2.